The average Bonchev–Trinajstić information content (AvgIpc) is 3.12. The molecule has 1 aromatic carbocycles. The highest BCUT2D eigenvalue weighted by molar-refractivity contribution is 5.96. The number of aliphatic hydroxyl groups excluding tert-OH is 1. The maximum absolute atomic E-state index is 13.1. The summed E-state index contributed by atoms with van der Waals surface area (Å²) in [6.45, 7) is 5.02. The number of rotatable bonds is 4. The van der Waals surface area contributed by atoms with Gasteiger partial charge in [-0.3, -0.25) is 4.79 Å². The fourth-order valence-electron chi connectivity index (χ4n) is 4.85. The van der Waals surface area contributed by atoms with Crippen LogP contribution in [-0.4, -0.2) is 65.8 Å². The lowest BCUT2D eigenvalue weighted by atomic mass is 9.71. The molecule has 2 aromatic rings. The topological polar surface area (TPSA) is 78.8 Å². The second-order valence-corrected chi connectivity index (χ2v) is 8.10. The number of likely N-dealkylation sites (tertiary alicyclic amines) is 1. The van der Waals surface area contributed by atoms with Crippen molar-refractivity contribution in [2.24, 2.45) is 11.3 Å². The molecule has 2 aliphatic heterocycles. The number of ether oxygens (including phenoxy) is 1. The summed E-state index contributed by atoms with van der Waals surface area (Å²) in [6.07, 6.45) is 5.24. The monoisotopic (exact) mass is 396 g/mol. The van der Waals surface area contributed by atoms with Crippen molar-refractivity contribution in [3.8, 4) is 5.75 Å². The van der Waals surface area contributed by atoms with Gasteiger partial charge in [-0.15, -0.1) is 0 Å². The Hall–Kier alpha value is -2.67. The van der Waals surface area contributed by atoms with E-state index in [0.717, 1.165) is 37.2 Å². The van der Waals surface area contributed by atoms with E-state index in [9.17, 15) is 9.90 Å². The quantitative estimate of drug-likeness (QED) is 0.853. The maximum atomic E-state index is 13.1. The van der Waals surface area contributed by atoms with Gasteiger partial charge in [-0.1, -0.05) is 6.07 Å². The largest absolute Gasteiger partial charge is 0.496 e. The van der Waals surface area contributed by atoms with E-state index in [1.54, 1.807) is 19.5 Å². The number of benzene rings is 1. The van der Waals surface area contributed by atoms with Crippen molar-refractivity contribution in [2.45, 2.75) is 19.8 Å². The van der Waals surface area contributed by atoms with E-state index in [1.807, 2.05) is 36.1 Å². The average molecular weight is 396 g/mol. The Morgan fingerprint density at radius 1 is 1.24 bits per heavy atom. The number of aromatic nitrogens is 2. The van der Waals surface area contributed by atoms with Crippen LogP contribution in [0.3, 0.4) is 0 Å². The molecule has 1 spiro atoms. The first-order valence-electron chi connectivity index (χ1n) is 10.1. The van der Waals surface area contributed by atoms with Crippen LogP contribution in [0.2, 0.25) is 0 Å². The number of methoxy groups -OCH3 is 1. The first-order chi connectivity index (χ1) is 14.1. The predicted molar refractivity (Wildman–Crippen MR) is 110 cm³/mol. The lowest BCUT2D eigenvalue weighted by Gasteiger charge is -2.42. The van der Waals surface area contributed by atoms with Gasteiger partial charge < -0.3 is 19.6 Å². The minimum Gasteiger partial charge on any atom is -0.496 e. The Bertz CT molecular complexity index is 866. The highest BCUT2D eigenvalue weighted by atomic mass is 16.5. The van der Waals surface area contributed by atoms with Crippen LogP contribution in [0.4, 0.5) is 5.95 Å². The Morgan fingerprint density at radius 3 is 2.62 bits per heavy atom. The van der Waals surface area contributed by atoms with Gasteiger partial charge in [-0.2, -0.15) is 0 Å². The van der Waals surface area contributed by atoms with Gasteiger partial charge in [0.25, 0.3) is 5.91 Å². The lowest BCUT2D eigenvalue weighted by Crippen LogP contribution is -2.47. The number of anilines is 1. The predicted octanol–water partition coefficient (Wildman–Crippen LogP) is 2.14. The third kappa shape index (κ3) is 3.55. The summed E-state index contributed by atoms with van der Waals surface area (Å²) in [5, 5.41) is 10.0. The van der Waals surface area contributed by atoms with Gasteiger partial charge in [0.1, 0.15) is 5.75 Å². The van der Waals surface area contributed by atoms with E-state index in [2.05, 4.69) is 14.9 Å². The van der Waals surface area contributed by atoms with E-state index in [4.69, 9.17) is 4.74 Å². The molecule has 0 bridgehead atoms. The molecule has 4 rings (SSSR count). The molecule has 7 nitrogen and oxygen atoms in total. The molecular weight excluding hydrogens is 368 g/mol. The van der Waals surface area contributed by atoms with Crippen molar-refractivity contribution < 1.29 is 14.6 Å². The molecule has 1 atom stereocenters. The zero-order valence-electron chi connectivity index (χ0n) is 17.0. The van der Waals surface area contributed by atoms with Crippen LogP contribution in [0.1, 0.15) is 28.8 Å². The van der Waals surface area contributed by atoms with Crippen LogP contribution in [0.5, 0.6) is 5.75 Å². The summed E-state index contributed by atoms with van der Waals surface area (Å²) >= 11 is 0. The molecule has 1 aromatic heterocycles. The molecule has 1 unspecified atom stereocenters. The molecule has 1 N–H and O–H groups in total. The molecule has 2 saturated heterocycles. The van der Waals surface area contributed by atoms with Crippen molar-refractivity contribution in [2.75, 3.05) is 44.8 Å². The number of carbonyl (C=O) groups excluding carboxylic acids is 1. The summed E-state index contributed by atoms with van der Waals surface area (Å²) in [5.74, 6) is 1.67. The maximum Gasteiger partial charge on any atom is 0.254 e. The van der Waals surface area contributed by atoms with E-state index >= 15 is 0 Å². The second kappa shape index (κ2) is 7.99. The summed E-state index contributed by atoms with van der Waals surface area (Å²) in [4.78, 5) is 26.0. The van der Waals surface area contributed by atoms with Gasteiger partial charge >= 0.3 is 0 Å². The Morgan fingerprint density at radius 2 is 1.97 bits per heavy atom. The van der Waals surface area contributed by atoms with Gasteiger partial charge in [-0.05, 0) is 43.4 Å². The zero-order valence-corrected chi connectivity index (χ0v) is 17.0. The smallest absolute Gasteiger partial charge is 0.254 e. The summed E-state index contributed by atoms with van der Waals surface area (Å²) in [6, 6.07) is 7.41. The number of aliphatic hydroxyl groups is 1. The molecule has 7 heteroatoms. The number of amides is 1. The molecule has 0 radical (unpaired) electrons. The van der Waals surface area contributed by atoms with Gasteiger partial charge in [-0.25, -0.2) is 9.97 Å². The fraction of sp³-hybridized carbons (Fsp3) is 0.500. The SMILES string of the molecule is COc1cccc(C(=O)N2CCC3(CC2)CN(c2ncccn2)CC3CO)c1C. The second-order valence-electron chi connectivity index (χ2n) is 8.10. The van der Waals surface area contributed by atoms with Crippen molar-refractivity contribution >= 4 is 11.9 Å². The van der Waals surface area contributed by atoms with E-state index in [0.29, 0.717) is 24.6 Å². The summed E-state index contributed by atoms with van der Waals surface area (Å²) < 4.78 is 5.37. The lowest BCUT2D eigenvalue weighted by molar-refractivity contribution is 0.0415. The zero-order chi connectivity index (χ0) is 20.4. The molecule has 0 aliphatic carbocycles. The van der Waals surface area contributed by atoms with E-state index in [-0.39, 0.29) is 23.8 Å². The molecule has 2 aliphatic rings. The summed E-state index contributed by atoms with van der Waals surface area (Å²) in [5.41, 5.74) is 1.57. The Labute approximate surface area is 171 Å². The van der Waals surface area contributed by atoms with Crippen LogP contribution < -0.4 is 9.64 Å². The minimum absolute atomic E-state index is 0.00580. The minimum atomic E-state index is -0.00580. The number of hydrogen-bond acceptors (Lipinski definition) is 6. The first kappa shape index (κ1) is 19.6. The van der Waals surface area contributed by atoms with Crippen LogP contribution in [0.25, 0.3) is 0 Å². The third-order valence-electron chi connectivity index (χ3n) is 6.65. The van der Waals surface area contributed by atoms with Crippen LogP contribution in [0.15, 0.2) is 36.7 Å². The molecular formula is C22H28N4O3. The van der Waals surface area contributed by atoms with Gasteiger partial charge in [0.2, 0.25) is 5.95 Å². The fourth-order valence-corrected chi connectivity index (χ4v) is 4.85. The molecule has 154 valence electrons. The van der Waals surface area contributed by atoms with Crippen LogP contribution >= 0.6 is 0 Å². The molecule has 0 saturated carbocycles. The highest BCUT2D eigenvalue weighted by Gasteiger charge is 2.48. The number of piperidine rings is 1. The van der Waals surface area contributed by atoms with E-state index in [1.165, 1.54) is 0 Å². The van der Waals surface area contributed by atoms with Gasteiger partial charge in [0.05, 0.1) is 7.11 Å². The van der Waals surface area contributed by atoms with Crippen molar-refractivity contribution in [3.63, 3.8) is 0 Å². The molecule has 1 amide bonds. The standard InChI is InChI=1S/C22H28N4O3/c1-16-18(5-3-6-19(16)29-2)20(28)25-11-7-22(8-12-25)15-26(13-17(22)14-27)21-23-9-4-10-24-21/h3-6,9-10,17,27H,7-8,11-15H2,1-2H3. The van der Waals surface area contributed by atoms with Crippen LogP contribution in [0, 0.1) is 18.3 Å². The Kier molecular flexibility index (Phi) is 5.41. The van der Waals surface area contributed by atoms with Crippen LogP contribution in [-0.2, 0) is 0 Å². The van der Waals surface area contributed by atoms with Crippen molar-refractivity contribution in [3.05, 3.63) is 47.8 Å². The van der Waals surface area contributed by atoms with Crippen molar-refractivity contribution in [1.29, 1.82) is 0 Å². The van der Waals surface area contributed by atoms with E-state index < -0.39 is 0 Å². The summed E-state index contributed by atoms with van der Waals surface area (Å²) in [7, 11) is 1.62. The molecule has 3 heterocycles. The Balaban J connectivity index is 1.48. The third-order valence-corrected chi connectivity index (χ3v) is 6.65. The number of carbonyl (C=O) groups is 1. The normalized spacial score (nSPS) is 20.9. The van der Waals surface area contributed by atoms with Gasteiger partial charge in [0.15, 0.2) is 0 Å². The van der Waals surface area contributed by atoms with Crippen molar-refractivity contribution in [1.82, 2.24) is 14.9 Å². The molecule has 29 heavy (non-hydrogen) atoms. The highest BCUT2D eigenvalue weighted by Crippen LogP contribution is 2.45. The first-order valence-corrected chi connectivity index (χ1v) is 10.1. The number of hydrogen-bond donors (Lipinski definition) is 1. The van der Waals surface area contributed by atoms with Gasteiger partial charge in [0, 0.05) is 62.2 Å². The number of nitrogens with zero attached hydrogens (tertiary/aromatic N) is 4. The molecule has 2 fully saturated rings.